The summed E-state index contributed by atoms with van der Waals surface area (Å²) in [6.07, 6.45) is 4.77. The van der Waals surface area contributed by atoms with E-state index >= 15 is 0 Å². The van der Waals surface area contributed by atoms with Crippen molar-refractivity contribution in [2.75, 3.05) is 32.4 Å². The van der Waals surface area contributed by atoms with Gasteiger partial charge in [-0.05, 0) is 31.6 Å². The molecule has 7 heteroatoms. The molecule has 0 bridgehead atoms. The number of likely N-dealkylation sites (tertiary alicyclic amines) is 1. The number of amides is 2. The number of piperidine rings is 2. The molecule has 2 saturated heterocycles. The van der Waals surface area contributed by atoms with Gasteiger partial charge >= 0.3 is 6.03 Å². The molecule has 2 fully saturated rings. The lowest BCUT2D eigenvalue weighted by atomic mass is 9.99. The molecule has 0 spiro atoms. The van der Waals surface area contributed by atoms with Crippen LogP contribution in [-0.2, 0) is 10.0 Å². The van der Waals surface area contributed by atoms with Gasteiger partial charge in [-0.15, -0.1) is 0 Å². The smallest absolute Gasteiger partial charge is 0.317 e. The average molecular weight is 303 g/mol. The van der Waals surface area contributed by atoms with E-state index in [4.69, 9.17) is 0 Å². The van der Waals surface area contributed by atoms with Gasteiger partial charge in [-0.3, -0.25) is 0 Å². The molecule has 0 saturated carbocycles. The normalized spacial score (nSPS) is 23.8. The van der Waals surface area contributed by atoms with Crippen LogP contribution in [0.15, 0.2) is 0 Å². The molecular formula is C13H25N3O3S. The Labute approximate surface area is 121 Å². The molecule has 2 aliphatic heterocycles. The Balaban J connectivity index is 1.76. The van der Waals surface area contributed by atoms with E-state index in [1.54, 1.807) is 0 Å². The van der Waals surface area contributed by atoms with Gasteiger partial charge in [0.05, 0.1) is 6.26 Å². The zero-order valence-electron chi connectivity index (χ0n) is 12.3. The van der Waals surface area contributed by atoms with Gasteiger partial charge in [-0.2, -0.15) is 0 Å². The Bertz CT molecular complexity index is 436. The lowest BCUT2D eigenvalue weighted by Crippen LogP contribution is -2.51. The van der Waals surface area contributed by atoms with Gasteiger partial charge in [0.15, 0.2) is 0 Å². The number of nitrogens with zero attached hydrogens (tertiary/aromatic N) is 2. The molecule has 2 aliphatic rings. The van der Waals surface area contributed by atoms with Crippen molar-refractivity contribution in [2.45, 2.75) is 38.6 Å². The van der Waals surface area contributed by atoms with Gasteiger partial charge in [0.2, 0.25) is 10.0 Å². The summed E-state index contributed by atoms with van der Waals surface area (Å²) < 4.78 is 24.3. The molecule has 0 unspecified atom stereocenters. The third-order valence-corrected chi connectivity index (χ3v) is 5.62. The van der Waals surface area contributed by atoms with E-state index in [9.17, 15) is 13.2 Å². The second-order valence-electron chi connectivity index (χ2n) is 6.06. The molecule has 2 heterocycles. The molecule has 6 nitrogen and oxygen atoms in total. The summed E-state index contributed by atoms with van der Waals surface area (Å²) in [6, 6.07) is 0.106. The number of hydrogen-bond acceptors (Lipinski definition) is 3. The van der Waals surface area contributed by atoms with E-state index in [2.05, 4.69) is 12.2 Å². The zero-order chi connectivity index (χ0) is 14.8. The van der Waals surface area contributed by atoms with Crippen molar-refractivity contribution < 1.29 is 13.2 Å². The summed E-state index contributed by atoms with van der Waals surface area (Å²) in [5.74, 6) is 0.706. The maximum absolute atomic E-state index is 12.1. The summed E-state index contributed by atoms with van der Waals surface area (Å²) in [4.78, 5) is 14.0. The number of sulfonamides is 1. The molecule has 0 atom stereocenters. The molecular weight excluding hydrogens is 278 g/mol. The fourth-order valence-corrected chi connectivity index (χ4v) is 3.68. The fourth-order valence-electron chi connectivity index (χ4n) is 2.81. The molecule has 2 rings (SSSR count). The first-order valence-electron chi connectivity index (χ1n) is 7.37. The van der Waals surface area contributed by atoms with Crippen LogP contribution in [0.4, 0.5) is 4.79 Å². The van der Waals surface area contributed by atoms with Gasteiger partial charge in [0.25, 0.3) is 0 Å². The van der Waals surface area contributed by atoms with E-state index in [0.29, 0.717) is 31.8 Å². The van der Waals surface area contributed by atoms with Crippen LogP contribution >= 0.6 is 0 Å². The first-order chi connectivity index (χ1) is 9.36. The van der Waals surface area contributed by atoms with E-state index < -0.39 is 10.0 Å². The summed E-state index contributed by atoms with van der Waals surface area (Å²) >= 11 is 0. The van der Waals surface area contributed by atoms with Gasteiger partial charge in [0, 0.05) is 32.2 Å². The number of carbonyl (C=O) groups is 1. The third-order valence-electron chi connectivity index (χ3n) is 4.32. The van der Waals surface area contributed by atoms with Crippen molar-refractivity contribution >= 4 is 16.1 Å². The first-order valence-corrected chi connectivity index (χ1v) is 9.21. The molecule has 0 aliphatic carbocycles. The van der Waals surface area contributed by atoms with Gasteiger partial charge in [0.1, 0.15) is 0 Å². The van der Waals surface area contributed by atoms with Crippen LogP contribution in [0.1, 0.15) is 32.6 Å². The quantitative estimate of drug-likeness (QED) is 0.822. The minimum absolute atomic E-state index is 0.00899. The lowest BCUT2D eigenvalue weighted by Gasteiger charge is -2.34. The summed E-state index contributed by atoms with van der Waals surface area (Å²) in [5, 5.41) is 3.04. The Morgan fingerprint density at radius 1 is 1.05 bits per heavy atom. The second-order valence-corrected chi connectivity index (χ2v) is 8.04. The third kappa shape index (κ3) is 4.09. The summed E-state index contributed by atoms with van der Waals surface area (Å²) in [6.45, 7) is 4.88. The SMILES string of the molecule is CC1CCN(C(=O)NC2CCN(S(C)(=O)=O)CC2)CC1. The van der Waals surface area contributed by atoms with Crippen LogP contribution in [0.5, 0.6) is 0 Å². The number of carbonyl (C=O) groups excluding carboxylic acids is 1. The average Bonchev–Trinajstić information content (AvgIpc) is 2.39. The predicted molar refractivity (Wildman–Crippen MR) is 77.9 cm³/mol. The van der Waals surface area contributed by atoms with Crippen molar-refractivity contribution in [3.05, 3.63) is 0 Å². The topological polar surface area (TPSA) is 69.7 Å². The van der Waals surface area contributed by atoms with E-state index in [1.807, 2.05) is 4.90 Å². The molecule has 0 radical (unpaired) electrons. The highest BCUT2D eigenvalue weighted by Gasteiger charge is 2.27. The van der Waals surface area contributed by atoms with Crippen LogP contribution < -0.4 is 5.32 Å². The molecule has 0 aromatic heterocycles. The van der Waals surface area contributed by atoms with Gasteiger partial charge < -0.3 is 10.2 Å². The van der Waals surface area contributed by atoms with Crippen LogP contribution in [0.2, 0.25) is 0 Å². The van der Waals surface area contributed by atoms with Gasteiger partial charge in [-0.1, -0.05) is 6.92 Å². The van der Waals surface area contributed by atoms with E-state index in [-0.39, 0.29) is 12.1 Å². The van der Waals surface area contributed by atoms with Crippen LogP contribution in [0.3, 0.4) is 0 Å². The Kier molecular flexibility index (Phi) is 4.90. The molecule has 0 aromatic rings. The van der Waals surface area contributed by atoms with Crippen molar-refractivity contribution in [1.82, 2.24) is 14.5 Å². The standard InChI is InChI=1S/C13H25N3O3S/c1-11-3-7-15(8-4-11)13(17)14-12-5-9-16(10-6-12)20(2,18)19/h11-12H,3-10H2,1-2H3,(H,14,17). The van der Waals surface area contributed by atoms with Crippen molar-refractivity contribution in [2.24, 2.45) is 5.92 Å². The van der Waals surface area contributed by atoms with E-state index in [0.717, 1.165) is 25.9 Å². The van der Waals surface area contributed by atoms with E-state index in [1.165, 1.54) is 10.6 Å². The van der Waals surface area contributed by atoms with Crippen LogP contribution in [0.25, 0.3) is 0 Å². The summed E-state index contributed by atoms with van der Waals surface area (Å²) in [7, 11) is -3.09. The predicted octanol–water partition coefficient (Wildman–Crippen LogP) is 0.852. The van der Waals surface area contributed by atoms with Crippen LogP contribution in [0, 0.1) is 5.92 Å². The molecule has 2 amide bonds. The molecule has 116 valence electrons. The Morgan fingerprint density at radius 3 is 2.10 bits per heavy atom. The van der Waals surface area contributed by atoms with Crippen molar-refractivity contribution in [1.29, 1.82) is 0 Å². The molecule has 0 aromatic carbocycles. The largest absolute Gasteiger partial charge is 0.335 e. The maximum atomic E-state index is 12.1. The lowest BCUT2D eigenvalue weighted by molar-refractivity contribution is 0.166. The Morgan fingerprint density at radius 2 is 1.60 bits per heavy atom. The summed E-state index contributed by atoms with van der Waals surface area (Å²) in [5.41, 5.74) is 0. The minimum Gasteiger partial charge on any atom is -0.335 e. The number of rotatable bonds is 2. The van der Waals surface area contributed by atoms with Crippen LogP contribution in [-0.4, -0.2) is 62.1 Å². The highest BCUT2D eigenvalue weighted by molar-refractivity contribution is 7.88. The second kappa shape index (κ2) is 6.30. The van der Waals surface area contributed by atoms with Crippen molar-refractivity contribution in [3.63, 3.8) is 0 Å². The minimum atomic E-state index is -3.09. The Hall–Kier alpha value is -0.820. The zero-order valence-corrected chi connectivity index (χ0v) is 13.2. The highest BCUT2D eigenvalue weighted by Crippen LogP contribution is 2.17. The number of urea groups is 1. The number of hydrogen-bond donors (Lipinski definition) is 1. The molecule has 1 N–H and O–H groups in total. The fraction of sp³-hybridized carbons (Fsp3) is 0.923. The molecule has 20 heavy (non-hydrogen) atoms. The van der Waals surface area contributed by atoms with Crippen molar-refractivity contribution in [3.8, 4) is 0 Å². The first kappa shape index (κ1) is 15.6. The number of nitrogens with one attached hydrogen (secondary N) is 1. The monoisotopic (exact) mass is 303 g/mol. The highest BCUT2D eigenvalue weighted by atomic mass is 32.2. The maximum Gasteiger partial charge on any atom is 0.317 e. The van der Waals surface area contributed by atoms with Gasteiger partial charge in [-0.25, -0.2) is 17.5 Å².